The maximum absolute atomic E-state index is 11.9. The number of hydrogen-bond donors (Lipinski definition) is 1. The Balaban J connectivity index is 1.76. The summed E-state index contributed by atoms with van der Waals surface area (Å²) in [6.45, 7) is 4.04. The average molecular weight is 331 g/mol. The minimum absolute atomic E-state index is 0.106. The number of fused-ring (bicyclic) bond motifs is 1. The molecule has 6 nitrogen and oxygen atoms in total. The van der Waals surface area contributed by atoms with Crippen molar-refractivity contribution >= 4 is 16.9 Å². The van der Waals surface area contributed by atoms with Crippen molar-refractivity contribution in [3.05, 3.63) is 23.9 Å². The van der Waals surface area contributed by atoms with Gasteiger partial charge in [-0.05, 0) is 44.5 Å². The second kappa shape index (κ2) is 7.66. The van der Waals surface area contributed by atoms with Crippen LogP contribution in [0, 0.1) is 0 Å². The number of aromatic nitrogens is 2. The normalized spacial score (nSPS) is 18.7. The van der Waals surface area contributed by atoms with E-state index < -0.39 is 0 Å². The summed E-state index contributed by atoms with van der Waals surface area (Å²) < 4.78 is 10.4. The Morgan fingerprint density at radius 2 is 2.29 bits per heavy atom. The number of esters is 1. The smallest absolute Gasteiger partial charge is 0.307 e. The van der Waals surface area contributed by atoms with Crippen LogP contribution in [-0.4, -0.2) is 47.4 Å². The van der Waals surface area contributed by atoms with Gasteiger partial charge in [0, 0.05) is 18.0 Å². The van der Waals surface area contributed by atoms with Crippen LogP contribution in [0.15, 0.2) is 18.2 Å². The number of methoxy groups -OCH3 is 1. The van der Waals surface area contributed by atoms with E-state index in [1.807, 2.05) is 25.1 Å². The Kier molecular flexibility index (Phi) is 5.35. The SMILES string of the molecule is CCOC(=O)C[C@@H]1CCCCN1Cc1[nH]nc2ccc(OC)cc12. The second-order valence-corrected chi connectivity index (χ2v) is 6.21. The first-order valence-electron chi connectivity index (χ1n) is 8.62. The van der Waals surface area contributed by atoms with E-state index in [0.29, 0.717) is 13.0 Å². The molecule has 2 heterocycles. The minimum Gasteiger partial charge on any atom is -0.497 e. The molecule has 1 atom stereocenters. The fourth-order valence-electron chi connectivity index (χ4n) is 3.40. The van der Waals surface area contributed by atoms with Crippen LogP contribution in [0.3, 0.4) is 0 Å². The lowest BCUT2D eigenvalue weighted by molar-refractivity contribution is -0.145. The first-order chi connectivity index (χ1) is 11.7. The number of piperidine rings is 1. The van der Waals surface area contributed by atoms with Crippen LogP contribution in [0.2, 0.25) is 0 Å². The molecule has 1 aliphatic rings. The summed E-state index contributed by atoms with van der Waals surface area (Å²) >= 11 is 0. The third-order valence-corrected chi connectivity index (χ3v) is 4.66. The molecule has 1 aromatic heterocycles. The molecule has 0 spiro atoms. The van der Waals surface area contributed by atoms with Gasteiger partial charge >= 0.3 is 5.97 Å². The Morgan fingerprint density at radius 1 is 1.42 bits per heavy atom. The van der Waals surface area contributed by atoms with Gasteiger partial charge in [-0.3, -0.25) is 14.8 Å². The summed E-state index contributed by atoms with van der Waals surface area (Å²) in [5.41, 5.74) is 2.00. The van der Waals surface area contributed by atoms with Crippen molar-refractivity contribution in [2.75, 3.05) is 20.3 Å². The summed E-state index contributed by atoms with van der Waals surface area (Å²) in [4.78, 5) is 14.2. The van der Waals surface area contributed by atoms with E-state index in [0.717, 1.165) is 54.7 Å². The molecule has 24 heavy (non-hydrogen) atoms. The number of ether oxygens (including phenoxy) is 2. The fourth-order valence-corrected chi connectivity index (χ4v) is 3.40. The van der Waals surface area contributed by atoms with Crippen molar-refractivity contribution in [3.63, 3.8) is 0 Å². The van der Waals surface area contributed by atoms with Gasteiger partial charge < -0.3 is 9.47 Å². The van der Waals surface area contributed by atoms with Gasteiger partial charge in [0.2, 0.25) is 0 Å². The number of hydrogen-bond acceptors (Lipinski definition) is 5. The Bertz CT molecular complexity index is 698. The van der Waals surface area contributed by atoms with E-state index in [2.05, 4.69) is 15.1 Å². The molecule has 1 aromatic carbocycles. The molecule has 130 valence electrons. The molecule has 0 unspecified atom stereocenters. The number of rotatable bonds is 6. The molecule has 0 saturated carbocycles. The molecule has 6 heteroatoms. The highest BCUT2D eigenvalue weighted by atomic mass is 16.5. The summed E-state index contributed by atoms with van der Waals surface area (Å²) in [7, 11) is 1.67. The van der Waals surface area contributed by atoms with Gasteiger partial charge in [0.25, 0.3) is 0 Å². The van der Waals surface area contributed by atoms with E-state index in [-0.39, 0.29) is 12.0 Å². The lowest BCUT2D eigenvalue weighted by Gasteiger charge is -2.34. The van der Waals surface area contributed by atoms with Crippen molar-refractivity contribution in [1.29, 1.82) is 0 Å². The van der Waals surface area contributed by atoms with Gasteiger partial charge in [0.05, 0.1) is 31.3 Å². The molecule has 0 aliphatic carbocycles. The fraction of sp³-hybridized carbons (Fsp3) is 0.556. The summed E-state index contributed by atoms with van der Waals surface area (Å²) in [6.07, 6.45) is 3.82. The molecule has 1 saturated heterocycles. The first kappa shape index (κ1) is 16.8. The van der Waals surface area contributed by atoms with Crippen molar-refractivity contribution in [1.82, 2.24) is 15.1 Å². The van der Waals surface area contributed by atoms with Crippen molar-refractivity contribution in [2.24, 2.45) is 0 Å². The van der Waals surface area contributed by atoms with E-state index in [9.17, 15) is 4.79 Å². The van der Waals surface area contributed by atoms with Gasteiger partial charge in [-0.1, -0.05) is 6.42 Å². The lowest BCUT2D eigenvalue weighted by atomic mass is 9.99. The van der Waals surface area contributed by atoms with Crippen LogP contribution in [0.25, 0.3) is 10.9 Å². The number of benzene rings is 1. The van der Waals surface area contributed by atoms with Crippen LogP contribution in [0.1, 0.15) is 38.3 Å². The van der Waals surface area contributed by atoms with Crippen LogP contribution in [0.5, 0.6) is 5.75 Å². The van der Waals surface area contributed by atoms with Crippen molar-refractivity contribution in [3.8, 4) is 5.75 Å². The van der Waals surface area contributed by atoms with Gasteiger partial charge in [0.1, 0.15) is 5.75 Å². The third-order valence-electron chi connectivity index (χ3n) is 4.66. The predicted octanol–water partition coefficient (Wildman–Crippen LogP) is 2.88. The van der Waals surface area contributed by atoms with E-state index in [1.54, 1.807) is 7.11 Å². The highest BCUT2D eigenvalue weighted by Crippen LogP contribution is 2.26. The Morgan fingerprint density at radius 3 is 3.08 bits per heavy atom. The molecular formula is C18H25N3O3. The second-order valence-electron chi connectivity index (χ2n) is 6.21. The molecule has 1 N–H and O–H groups in total. The van der Waals surface area contributed by atoms with Gasteiger partial charge in [-0.15, -0.1) is 0 Å². The number of nitrogens with zero attached hydrogens (tertiary/aromatic N) is 2. The molecule has 0 amide bonds. The quantitative estimate of drug-likeness (QED) is 0.825. The van der Waals surface area contributed by atoms with E-state index in [1.165, 1.54) is 0 Å². The molecule has 1 fully saturated rings. The van der Waals surface area contributed by atoms with Gasteiger partial charge in [-0.2, -0.15) is 5.10 Å². The van der Waals surface area contributed by atoms with Crippen LogP contribution in [-0.2, 0) is 16.1 Å². The maximum atomic E-state index is 11.9. The third kappa shape index (κ3) is 3.70. The number of nitrogens with one attached hydrogen (secondary N) is 1. The van der Waals surface area contributed by atoms with Crippen LogP contribution >= 0.6 is 0 Å². The van der Waals surface area contributed by atoms with Gasteiger partial charge in [-0.25, -0.2) is 0 Å². The lowest BCUT2D eigenvalue weighted by Crippen LogP contribution is -2.40. The maximum Gasteiger partial charge on any atom is 0.307 e. The minimum atomic E-state index is -0.106. The summed E-state index contributed by atoms with van der Waals surface area (Å²) in [5.74, 6) is 0.720. The number of carbonyl (C=O) groups excluding carboxylic acids is 1. The van der Waals surface area contributed by atoms with E-state index in [4.69, 9.17) is 9.47 Å². The Labute approximate surface area is 142 Å². The number of carbonyl (C=O) groups is 1. The standard InChI is InChI=1S/C18H25N3O3/c1-3-24-18(22)10-13-6-4-5-9-21(13)12-17-15-11-14(23-2)7-8-16(15)19-20-17/h7-8,11,13H,3-6,9-10,12H2,1-2H3,(H,19,20)/t13-/m0/s1. The molecule has 1 aliphatic heterocycles. The highest BCUT2D eigenvalue weighted by molar-refractivity contribution is 5.82. The molecule has 0 radical (unpaired) electrons. The summed E-state index contributed by atoms with van der Waals surface area (Å²) in [5, 5.41) is 8.60. The van der Waals surface area contributed by atoms with Crippen molar-refractivity contribution in [2.45, 2.75) is 45.2 Å². The summed E-state index contributed by atoms with van der Waals surface area (Å²) in [6, 6.07) is 6.12. The molecule has 2 aromatic rings. The van der Waals surface area contributed by atoms with Crippen molar-refractivity contribution < 1.29 is 14.3 Å². The largest absolute Gasteiger partial charge is 0.497 e. The Hall–Kier alpha value is -2.08. The number of aromatic amines is 1. The number of H-pyrrole nitrogens is 1. The molecular weight excluding hydrogens is 306 g/mol. The van der Waals surface area contributed by atoms with Crippen LogP contribution in [0.4, 0.5) is 0 Å². The zero-order valence-electron chi connectivity index (χ0n) is 14.4. The molecule has 0 bridgehead atoms. The zero-order chi connectivity index (χ0) is 16.9. The highest BCUT2D eigenvalue weighted by Gasteiger charge is 2.26. The van der Waals surface area contributed by atoms with E-state index >= 15 is 0 Å². The zero-order valence-corrected chi connectivity index (χ0v) is 14.4. The van der Waals surface area contributed by atoms with Gasteiger partial charge in [0.15, 0.2) is 0 Å². The molecule has 3 rings (SSSR count). The average Bonchev–Trinajstić information content (AvgIpc) is 2.99. The topological polar surface area (TPSA) is 67.5 Å². The first-order valence-corrected chi connectivity index (χ1v) is 8.62. The monoisotopic (exact) mass is 331 g/mol. The van der Waals surface area contributed by atoms with Crippen LogP contribution < -0.4 is 4.74 Å². The number of likely N-dealkylation sites (tertiary alicyclic amines) is 1. The predicted molar refractivity (Wildman–Crippen MR) is 91.9 cm³/mol.